The van der Waals surface area contributed by atoms with Gasteiger partial charge in [0.1, 0.15) is 0 Å². The number of hydrogen-bond acceptors (Lipinski definition) is 6. The largest absolute Gasteiger partial charge is 0.469 e. The zero-order valence-electron chi connectivity index (χ0n) is 13.3. The molecule has 7 heteroatoms. The Morgan fingerprint density at radius 2 is 2.08 bits per heavy atom. The SMILES string of the molecule is COC(=O)Cc1cc(/C=C/c2ccc([N+](=O)[O-])s2)nc2ccccc12. The van der Waals surface area contributed by atoms with Crippen molar-refractivity contribution in [3.8, 4) is 0 Å². The molecule has 0 N–H and O–H groups in total. The molecule has 0 aliphatic rings. The van der Waals surface area contributed by atoms with E-state index >= 15 is 0 Å². The number of methoxy groups -OCH3 is 1. The van der Waals surface area contributed by atoms with E-state index in [1.165, 1.54) is 13.2 Å². The number of esters is 1. The molecule has 6 nitrogen and oxygen atoms in total. The summed E-state index contributed by atoms with van der Waals surface area (Å²) in [6, 6.07) is 12.6. The Hall–Kier alpha value is -3.06. The van der Waals surface area contributed by atoms with Gasteiger partial charge in [-0.2, -0.15) is 0 Å². The quantitative estimate of drug-likeness (QED) is 0.391. The van der Waals surface area contributed by atoms with Crippen LogP contribution in [0.25, 0.3) is 23.1 Å². The van der Waals surface area contributed by atoms with Gasteiger partial charge in [-0.1, -0.05) is 29.5 Å². The molecule has 126 valence electrons. The van der Waals surface area contributed by atoms with E-state index in [2.05, 4.69) is 4.98 Å². The van der Waals surface area contributed by atoms with Gasteiger partial charge < -0.3 is 4.74 Å². The number of benzene rings is 1. The molecule has 0 saturated heterocycles. The topological polar surface area (TPSA) is 82.3 Å². The van der Waals surface area contributed by atoms with Crippen LogP contribution >= 0.6 is 11.3 Å². The van der Waals surface area contributed by atoms with E-state index in [1.807, 2.05) is 30.3 Å². The summed E-state index contributed by atoms with van der Waals surface area (Å²) in [5, 5.41) is 11.7. The summed E-state index contributed by atoms with van der Waals surface area (Å²) in [5.41, 5.74) is 2.28. The van der Waals surface area contributed by atoms with Gasteiger partial charge in [-0.05, 0) is 35.9 Å². The third-order valence-corrected chi connectivity index (χ3v) is 4.60. The van der Waals surface area contributed by atoms with Gasteiger partial charge in [-0.25, -0.2) is 4.98 Å². The molecule has 0 radical (unpaired) electrons. The van der Waals surface area contributed by atoms with Crippen LogP contribution in [-0.4, -0.2) is 23.0 Å². The van der Waals surface area contributed by atoms with E-state index in [9.17, 15) is 14.9 Å². The van der Waals surface area contributed by atoms with Gasteiger partial charge in [0.25, 0.3) is 0 Å². The molecule has 0 aliphatic carbocycles. The fourth-order valence-corrected chi connectivity index (χ4v) is 3.15. The monoisotopic (exact) mass is 354 g/mol. The second kappa shape index (κ2) is 7.23. The number of pyridine rings is 1. The molecule has 3 rings (SSSR count). The molecule has 0 saturated carbocycles. The summed E-state index contributed by atoms with van der Waals surface area (Å²) in [6.07, 6.45) is 3.71. The summed E-state index contributed by atoms with van der Waals surface area (Å²) in [4.78, 5) is 27.3. The van der Waals surface area contributed by atoms with Gasteiger partial charge in [0.05, 0.1) is 29.7 Å². The van der Waals surface area contributed by atoms with E-state index in [-0.39, 0.29) is 17.4 Å². The predicted octanol–water partition coefficient (Wildman–Crippen LogP) is 4.09. The minimum absolute atomic E-state index is 0.0949. The number of rotatable bonds is 5. The van der Waals surface area contributed by atoms with E-state index in [0.717, 1.165) is 32.7 Å². The zero-order valence-corrected chi connectivity index (χ0v) is 14.2. The van der Waals surface area contributed by atoms with Crippen LogP contribution in [0.5, 0.6) is 0 Å². The average Bonchev–Trinajstić information content (AvgIpc) is 3.09. The second-order valence-corrected chi connectivity index (χ2v) is 6.34. The second-order valence-electron chi connectivity index (χ2n) is 5.24. The molecule has 2 heterocycles. The molecular weight excluding hydrogens is 340 g/mol. The Bertz CT molecular complexity index is 978. The van der Waals surface area contributed by atoms with Crippen molar-refractivity contribution in [2.75, 3.05) is 7.11 Å². The van der Waals surface area contributed by atoms with Crippen molar-refractivity contribution in [2.24, 2.45) is 0 Å². The summed E-state index contributed by atoms with van der Waals surface area (Å²) in [6.45, 7) is 0. The minimum atomic E-state index is -0.412. The predicted molar refractivity (Wildman–Crippen MR) is 97.4 cm³/mol. The van der Waals surface area contributed by atoms with Crippen LogP contribution < -0.4 is 0 Å². The van der Waals surface area contributed by atoms with Crippen LogP contribution in [0, 0.1) is 10.1 Å². The lowest BCUT2D eigenvalue weighted by molar-refractivity contribution is -0.380. The van der Waals surface area contributed by atoms with E-state index in [0.29, 0.717) is 5.69 Å². The lowest BCUT2D eigenvalue weighted by atomic mass is 10.0. The molecule has 2 aromatic heterocycles. The Morgan fingerprint density at radius 3 is 2.80 bits per heavy atom. The molecule has 0 unspecified atom stereocenters. The summed E-state index contributed by atoms with van der Waals surface area (Å²) in [7, 11) is 1.36. The number of nitro groups is 1. The highest BCUT2D eigenvalue weighted by Gasteiger charge is 2.10. The lowest BCUT2D eigenvalue weighted by Gasteiger charge is -2.07. The number of fused-ring (bicyclic) bond motifs is 1. The van der Waals surface area contributed by atoms with E-state index in [1.54, 1.807) is 18.2 Å². The molecule has 0 fully saturated rings. The third-order valence-electron chi connectivity index (χ3n) is 3.60. The third kappa shape index (κ3) is 3.89. The molecule has 1 aromatic carbocycles. The van der Waals surface area contributed by atoms with Crippen molar-refractivity contribution in [1.82, 2.24) is 4.98 Å². The van der Waals surface area contributed by atoms with Crippen LogP contribution in [0.3, 0.4) is 0 Å². The van der Waals surface area contributed by atoms with Crippen molar-refractivity contribution in [3.05, 3.63) is 68.7 Å². The molecule has 0 amide bonds. The van der Waals surface area contributed by atoms with Crippen molar-refractivity contribution in [2.45, 2.75) is 6.42 Å². The molecule has 25 heavy (non-hydrogen) atoms. The summed E-state index contributed by atoms with van der Waals surface area (Å²) in [5.74, 6) is -0.319. The maximum Gasteiger partial charge on any atom is 0.324 e. The van der Waals surface area contributed by atoms with Crippen molar-refractivity contribution < 1.29 is 14.5 Å². The molecule has 0 atom stereocenters. The van der Waals surface area contributed by atoms with Crippen LogP contribution in [0.4, 0.5) is 5.00 Å². The van der Waals surface area contributed by atoms with Gasteiger partial charge in [0.15, 0.2) is 0 Å². The molecule has 0 aliphatic heterocycles. The highest BCUT2D eigenvalue weighted by molar-refractivity contribution is 7.16. The van der Waals surface area contributed by atoms with E-state index < -0.39 is 4.92 Å². The number of aromatic nitrogens is 1. The summed E-state index contributed by atoms with van der Waals surface area (Å²) < 4.78 is 4.76. The van der Waals surface area contributed by atoms with Crippen molar-refractivity contribution >= 4 is 45.4 Å². The lowest BCUT2D eigenvalue weighted by Crippen LogP contribution is -2.05. The number of nitrogens with zero attached hydrogens (tertiary/aromatic N) is 2. The number of carbonyl (C=O) groups excluding carboxylic acids is 1. The smallest absolute Gasteiger partial charge is 0.324 e. The van der Waals surface area contributed by atoms with Gasteiger partial charge in [0, 0.05) is 16.3 Å². The molecule has 0 bridgehead atoms. The first-order chi connectivity index (χ1) is 12.1. The first-order valence-electron chi connectivity index (χ1n) is 7.44. The minimum Gasteiger partial charge on any atom is -0.469 e. The maximum atomic E-state index is 11.7. The van der Waals surface area contributed by atoms with Crippen LogP contribution in [0.15, 0.2) is 42.5 Å². The first kappa shape index (κ1) is 16.8. The Morgan fingerprint density at radius 1 is 1.28 bits per heavy atom. The number of hydrogen-bond donors (Lipinski definition) is 0. The van der Waals surface area contributed by atoms with Gasteiger partial charge in [-0.3, -0.25) is 14.9 Å². The van der Waals surface area contributed by atoms with E-state index in [4.69, 9.17) is 4.74 Å². The molecule has 0 spiro atoms. The highest BCUT2D eigenvalue weighted by Crippen LogP contribution is 2.26. The zero-order chi connectivity index (χ0) is 17.8. The standard InChI is InChI=1S/C18H14N2O4S/c1-24-18(21)11-12-10-13(19-16-5-3-2-4-15(12)16)6-7-14-8-9-17(25-14)20(22)23/h2-10H,11H2,1H3/b7-6+. The highest BCUT2D eigenvalue weighted by atomic mass is 32.1. The van der Waals surface area contributed by atoms with Crippen LogP contribution in [0.1, 0.15) is 16.1 Å². The Kier molecular flexibility index (Phi) is 4.85. The normalized spacial score (nSPS) is 11.1. The van der Waals surface area contributed by atoms with Gasteiger partial charge in [-0.15, -0.1) is 0 Å². The Labute approximate surface area is 147 Å². The van der Waals surface area contributed by atoms with Crippen molar-refractivity contribution in [1.29, 1.82) is 0 Å². The fraction of sp³-hybridized carbons (Fsp3) is 0.111. The maximum absolute atomic E-state index is 11.7. The number of thiophene rings is 1. The Balaban J connectivity index is 1.96. The van der Waals surface area contributed by atoms with Gasteiger partial charge >= 0.3 is 11.0 Å². The number of ether oxygens (including phenoxy) is 1. The van der Waals surface area contributed by atoms with Crippen LogP contribution in [-0.2, 0) is 16.0 Å². The molecular formula is C18H14N2O4S. The molecule has 3 aromatic rings. The van der Waals surface area contributed by atoms with Crippen LogP contribution in [0.2, 0.25) is 0 Å². The number of carbonyl (C=O) groups is 1. The fourth-order valence-electron chi connectivity index (χ4n) is 2.43. The average molecular weight is 354 g/mol. The van der Waals surface area contributed by atoms with Gasteiger partial charge in [0.2, 0.25) is 0 Å². The summed E-state index contributed by atoms with van der Waals surface area (Å²) >= 11 is 1.09. The number of para-hydroxylation sites is 1. The van der Waals surface area contributed by atoms with Crippen molar-refractivity contribution in [3.63, 3.8) is 0 Å². The first-order valence-corrected chi connectivity index (χ1v) is 8.26.